The lowest BCUT2D eigenvalue weighted by atomic mass is 10.3. The smallest absolute Gasteiger partial charge is 0.348 e. The third-order valence-corrected chi connectivity index (χ3v) is 3.47. The number of pyridine rings is 1. The van der Waals surface area contributed by atoms with E-state index in [2.05, 4.69) is 22.2 Å². The minimum atomic E-state index is -0.280. The Balaban J connectivity index is 2.33. The fourth-order valence-electron chi connectivity index (χ4n) is 2.06. The Bertz CT molecular complexity index is 697. The molecule has 1 N–H and O–H groups in total. The van der Waals surface area contributed by atoms with Crippen LogP contribution in [0.15, 0.2) is 23.0 Å². The topological polar surface area (TPSA) is 59.8 Å². The summed E-state index contributed by atoms with van der Waals surface area (Å²) in [5.41, 5.74) is 1.94. The lowest BCUT2D eigenvalue weighted by Crippen LogP contribution is -2.26. The lowest BCUT2D eigenvalue weighted by Gasteiger charge is -2.12. The van der Waals surface area contributed by atoms with Crippen molar-refractivity contribution in [1.82, 2.24) is 14.5 Å². The summed E-state index contributed by atoms with van der Waals surface area (Å²) in [5, 5.41) is 3.76. The zero-order valence-electron chi connectivity index (χ0n) is 12.5. The van der Waals surface area contributed by atoms with E-state index in [0.29, 0.717) is 23.0 Å². The molecule has 0 amide bonds. The van der Waals surface area contributed by atoms with Gasteiger partial charge in [0, 0.05) is 17.9 Å². The number of aryl methyl sites for hydroxylation is 2. The van der Waals surface area contributed by atoms with E-state index in [4.69, 9.17) is 11.6 Å². The molecule has 0 aliphatic carbocycles. The summed E-state index contributed by atoms with van der Waals surface area (Å²) >= 11 is 6.19. The highest BCUT2D eigenvalue weighted by Gasteiger charge is 2.09. The van der Waals surface area contributed by atoms with Crippen molar-refractivity contribution in [1.29, 1.82) is 0 Å². The number of hydrogen-bond donors (Lipinski definition) is 1. The summed E-state index contributed by atoms with van der Waals surface area (Å²) in [4.78, 5) is 20.4. The van der Waals surface area contributed by atoms with Crippen LogP contribution in [0.5, 0.6) is 0 Å². The van der Waals surface area contributed by atoms with Crippen LogP contribution in [0.1, 0.15) is 30.4 Å². The molecule has 112 valence electrons. The lowest BCUT2D eigenvalue weighted by molar-refractivity contribution is 0.681. The van der Waals surface area contributed by atoms with Gasteiger partial charge in [-0.05, 0) is 38.5 Å². The summed E-state index contributed by atoms with van der Waals surface area (Å²) < 4.78 is 1.57. The summed E-state index contributed by atoms with van der Waals surface area (Å²) in [6.45, 7) is 6.94. The highest BCUT2D eigenvalue weighted by atomic mass is 35.5. The van der Waals surface area contributed by atoms with Crippen LogP contribution < -0.4 is 11.0 Å². The molecule has 6 heteroatoms. The van der Waals surface area contributed by atoms with E-state index in [1.165, 1.54) is 0 Å². The number of rotatable bonds is 5. The van der Waals surface area contributed by atoms with Crippen LogP contribution in [0.4, 0.5) is 5.82 Å². The predicted octanol–water partition coefficient (Wildman–Crippen LogP) is 2.78. The molecule has 0 aromatic carbocycles. The molecule has 2 rings (SSSR count). The molecule has 0 aliphatic heterocycles. The predicted molar refractivity (Wildman–Crippen MR) is 85.1 cm³/mol. The maximum absolute atomic E-state index is 12.0. The number of halogens is 1. The molecular formula is C15H19ClN4O. The molecule has 21 heavy (non-hydrogen) atoms. The van der Waals surface area contributed by atoms with Crippen LogP contribution in [-0.2, 0) is 6.54 Å². The minimum absolute atomic E-state index is 0.280. The standard InChI is InChI=1S/C15H19ClN4O/c1-4-7-17-14-6-5-12(16)13(19-14)9-20-11(3)8-10(2)18-15(20)21/h5-6,8H,4,7,9H2,1-3H3,(H,17,19). The molecule has 0 fully saturated rings. The first-order valence-corrected chi connectivity index (χ1v) is 7.33. The van der Waals surface area contributed by atoms with E-state index in [1.807, 2.05) is 19.1 Å². The van der Waals surface area contributed by atoms with Crippen molar-refractivity contribution >= 4 is 17.4 Å². The van der Waals surface area contributed by atoms with Gasteiger partial charge in [-0.1, -0.05) is 18.5 Å². The third kappa shape index (κ3) is 3.82. The monoisotopic (exact) mass is 306 g/mol. The van der Waals surface area contributed by atoms with E-state index in [-0.39, 0.29) is 5.69 Å². The van der Waals surface area contributed by atoms with Gasteiger partial charge < -0.3 is 5.32 Å². The second kappa shape index (κ2) is 6.72. The van der Waals surface area contributed by atoms with Gasteiger partial charge in [-0.15, -0.1) is 0 Å². The quantitative estimate of drug-likeness (QED) is 0.923. The van der Waals surface area contributed by atoms with Gasteiger partial charge >= 0.3 is 5.69 Å². The zero-order chi connectivity index (χ0) is 15.4. The Morgan fingerprint density at radius 1 is 1.29 bits per heavy atom. The summed E-state index contributed by atoms with van der Waals surface area (Å²) in [7, 11) is 0. The maximum atomic E-state index is 12.0. The van der Waals surface area contributed by atoms with Crippen molar-refractivity contribution in [3.63, 3.8) is 0 Å². The molecule has 0 unspecified atom stereocenters. The Kier molecular flexibility index (Phi) is 4.96. The zero-order valence-corrected chi connectivity index (χ0v) is 13.2. The molecular weight excluding hydrogens is 288 g/mol. The first-order chi connectivity index (χ1) is 10.0. The van der Waals surface area contributed by atoms with Crippen LogP contribution >= 0.6 is 11.6 Å². The number of nitrogens with zero attached hydrogens (tertiary/aromatic N) is 3. The van der Waals surface area contributed by atoms with Crippen molar-refractivity contribution in [3.8, 4) is 0 Å². The molecule has 5 nitrogen and oxygen atoms in total. The molecule has 0 spiro atoms. The highest BCUT2D eigenvalue weighted by molar-refractivity contribution is 6.31. The Hall–Kier alpha value is -1.88. The molecule has 2 aromatic heterocycles. The van der Waals surface area contributed by atoms with Crippen LogP contribution in [0.25, 0.3) is 0 Å². The van der Waals surface area contributed by atoms with E-state index >= 15 is 0 Å². The number of nitrogens with one attached hydrogen (secondary N) is 1. The summed E-state index contributed by atoms with van der Waals surface area (Å²) in [5.74, 6) is 0.766. The average molecular weight is 307 g/mol. The first-order valence-electron chi connectivity index (χ1n) is 6.95. The van der Waals surface area contributed by atoms with E-state index in [9.17, 15) is 4.79 Å². The van der Waals surface area contributed by atoms with Crippen molar-refractivity contribution in [2.24, 2.45) is 0 Å². The number of hydrogen-bond acceptors (Lipinski definition) is 4. The van der Waals surface area contributed by atoms with Gasteiger partial charge in [0.2, 0.25) is 0 Å². The van der Waals surface area contributed by atoms with Crippen LogP contribution in [0, 0.1) is 13.8 Å². The highest BCUT2D eigenvalue weighted by Crippen LogP contribution is 2.18. The van der Waals surface area contributed by atoms with Crippen LogP contribution in [-0.4, -0.2) is 21.1 Å². The van der Waals surface area contributed by atoms with Crippen molar-refractivity contribution in [2.75, 3.05) is 11.9 Å². The van der Waals surface area contributed by atoms with Gasteiger partial charge in [0.1, 0.15) is 5.82 Å². The maximum Gasteiger partial charge on any atom is 0.348 e. The second-order valence-corrected chi connectivity index (χ2v) is 5.37. The summed E-state index contributed by atoms with van der Waals surface area (Å²) in [6, 6.07) is 5.50. The fourth-order valence-corrected chi connectivity index (χ4v) is 2.23. The van der Waals surface area contributed by atoms with Crippen molar-refractivity contribution in [3.05, 3.63) is 50.8 Å². The summed E-state index contributed by atoms with van der Waals surface area (Å²) in [6.07, 6.45) is 1.01. The van der Waals surface area contributed by atoms with E-state index < -0.39 is 0 Å². The fraction of sp³-hybridized carbons (Fsp3) is 0.400. The van der Waals surface area contributed by atoms with Crippen molar-refractivity contribution < 1.29 is 0 Å². The van der Waals surface area contributed by atoms with Gasteiger partial charge in [-0.2, -0.15) is 4.98 Å². The van der Waals surface area contributed by atoms with Crippen molar-refractivity contribution in [2.45, 2.75) is 33.7 Å². The molecule has 2 heterocycles. The Labute approximate surface area is 129 Å². The second-order valence-electron chi connectivity index (χ2n) is 4.96. The SMILES string of the molecule is CCCNc1ccc(Cl)c(Cn2c(C)cc(C)nc2=O)n1. The minimum Gasteiger partial charge on any atom is -0.370 e. The van der Waals surface area contributed by atoms with Crippen LogP contribution in [0.2, 0.25) is 5.02 Å². The molecule has 0 radical (unpaired) electrons. The molecule has 2 aromatic rings. The molecule has 0 bridgehead atoms. The first kappa shape index (κ1) is 15.5. The number of anilines is 1. The average Bonchev–Trinajstić information content (AvgIpc) is 2.43. The largest absolute Gasteiger partial charge is 0.370 e. The van der Waals surface area contributed by atoms with Gasteiger partial charge in [0.05, 0.1) is 17.3 Å². The van der Waals surface area contributed by atoms with Crippen LogP contribution in [0.3, 0.4) is 0 Å². The molecule has 0 saturated carbocycles. The van der Waals surface area contributed by atoms with Gasteiger partial charge in [-0.3, -0.25) is 4.57 Å². The number of aromatic nitrogens is 3. The Morgan fingerprint density at radius 2 is 2.05 bits per heavy atom. The molecule has 0 atom stereocenters. The van der Waals surface area contributed by atoms with E-state index in [1.54, 1.807) is 17.6 Å². The third-order valence-electron chi connectivity index (χ3n) is 3.13. The normalized spacial score (nSPS) is 10.7. The van der Waals surface area contributed by atoms with Gasteiger partial charge in [0.25, 0.3) is 0 Å². The van der Waals surface area contributed by atoms with Gasteiger partial charge in [-0.25, -0.2) is 9.78 Å². The molecule has 0 aliphatic rings. The Morgan fingerprint density at radius 3 is 2.71 bits per heavy atom. The van der Waals surface area contributed by atoms with Gasteiger partial charge in [0.15, 0.2) is 0 Å². The molecule has 0 saturated heterocycles. The van der Waals surface area contributed by atoms with E-state index in [0.717, 1.165) is 24.5 Å².